The van der Waals surface area contributed by atoms with Crippen LogP contribution < -0.4 is 15.5 Å². The minimum Gasteiger partial charge on any atom is -0.494 e. The molecule has 0 saturated carbocycles. The van der Waals surface area contributed by atoms with Gasteiger partial charge in [-0.05, 0) is 48.9 Å². The van der Waals surface area contributed by atoms with E-state index in [1.807, 2.05) is 25.1 Å². The number of nitrogens with zero attached hydrogens (tertiary/aromatic N) is 1. The average Bonchev–Trinajstić information content (AvgIpc) is 2.85. The van der Waals surface area contributed by atoms with Gasteiger partial charge < -0.3 is 15.0 Å². The van der Waals surface area contributed by atoms with Gasteiger partial charge in [0.2, 0.25) is 5.43 Å². The molecule has 0 bridgehead atoms. The Bertz CT molecular complexity index is 1310. The number of pyridine rings is 1. The average molecular weight is 456 g/mol. The first-order valence-corrected chi connectivity index (χ1v) is 11.4. The molecule has 0 fully saturated rings. The van der Waals surface area contributed by atoms with Crippen LogP contribution in [-0.2, 0) is 19.6 Å². The Kier molecular flexibility index (Phi) is 7.40. The van der Waals surface area contributed by atoms with Gasteiger partial charge in [-0.15, -0.1) is 0 Å². The number of benzene rings is 3. The van der Waals surface area contributed by atoms with Gasteiger partial charge in [-0.2, -0.15) is 0 Å². The fourth-order valence-electron chi connectivity index (χ4n) is 3.93. The summed E-state index contributed by atoms with van der Waals surface area (Å²) in [5.74, 6) is 0.198. The molecule has 3 aromatic carbocycles. The maximum absolute atomic E-state index is 12.9. The smallest absolute Gasteiger partial charge is 0.257 e. The van der Waals surface area contributed by atoms with Crippen LogP contribution in [0.25, 0.3) is 10.9 Å². The van der Waals surface area contributed by atoms with Crippen LogP contribution in [0.2, 0.25) is 0 Å². The van der Waals surface area contributed by atoms with Gasteiger partial charge in [0.15, 0.2) is 0 Å². The van der Waals surface area contributed by atoms with Crippen LogP contribution in [-0.4, -0.2) is 29.4 Å². The van der Waals surface area contributed by atoms with Crippen molar-refractivity contribution in [3.05, 3.63) is 111 Å². The van der Waals surface area contributed by atoms with Crippen molar-refractivity contribution in [2.45, 2.75) is 26.6 Å². The molecular weight excluding hydrogens is 426 g/mol. The minimum atomic E-state index is -0.406. The van der Waals surface area contributed by atoms with Gasteiger partial charge >= 0.3 is 0 Å². The maximum Gasteiger partial charge on any atom is 0.257 e. The van der Waals surface area contributed by atoms with Crippen molar-refractivity contribution >= 4 is 16.8 Å². The molecule has 1 aromatic heterocycles. The number of aromatic amines is 1. The van der Waals surface area contributed by atoms with E-state index < -0.39 is 5.91 Å². The van der Waals surface area contributed by atoms with Crippen molar-refractivity contribution in [3.63, 3.8) is 0 Å². The first-order valence-electron chi connectivity index (χ1n) is 11.4. The van der Waals surface area contributed by atoms with E-state index in [2.05, 4.69) is 58.6 Å². The molecule has 4 rings (SSSR count). The van der Waals surface area contributed by atoms with E-state index in [0.717, 1.165) is 18.7 Å². The number of hydrogen-bond acceptors (Lipinski definition) is 4. The van der Waals surface area contributed by atoms with Crippen LogP contribution in [0.1, 0.15) is 34.0 Å². The third kappa shape index (κ3) is 5.71. The second kappa shape index (κ2) is 10.8. The number of fused-ring (bicyclic) bond motifs is 1. The van der Waals surface area contributed by atoms with Gasteiger partial charge in [-0.1, -0.05) is 54.6 Å². The fraction of sp³-hybridized carbons (Fsp3) is 0.214. The maximum atomic E-state index is 12.9. The van der Waals surface area contributed by atoms with Crippen molar-refractivity contribution in [2.75, 3.05) is 13.7 Å². The molecule has 0 spiro atoms. The van der Waals surface area contributed by atoms with Gasteiger partial charge in [0, 0.05) is 36.7 Å². The Hall–Kier alpha value is -3.90. The van der Waals surface area contributed by atoms with Gasteiger partial charge in [0.25, 0.3) is 5.91 Å². The van der Waals surface area contributed by atoms with Crippen molar-refractivity contribution in [2.24, 2.45) is 0 Å². The normalized spacial score (nSPS) is 11.0. The Balaban J connectivity index is 1.37. The molecular formula is C28H29N3O3. The zero-order valence-corrected chi connectivity index (χ0v) is 19.5. The van der Waals surface area contributed by atoms with Crippen molar-refractivity contribution < 1.29 is 9.53 Å². The van der Waals surface area contributed by atoms with Gasteiger partial charge in [-0.3, -0.25) is 14.5 Å². The first kappa shape index (κ1) is 23.3. The molecule has 1 heterocycles. The van der Waals surface area contributed by atoms with Crippen LogP contribution in [0.3, 0.4) is 0 Å². The monoisotopic (exact) mass is 455 g/mol. The van der Waals surface area contributed by atoms with Crippen LogP contribution in [0.5, 0.6) is 5.75 Å². The molecule has 4 aromatic rings. The Morgan fingerprint density at radius 2 is 1.62 bits per heavy atom. The molecule has 0 radical (unpaired) electrons. The molecule has 0 atom stereocenters. The van der Waals surface area contributed by atoms with Crippen LogP contribution in [0, 0.1) is 0 Å². The predicted octanol–water partition coefficient (Wildman–Crippen LogP) is 4.49. The first-order chi connectivity index (χ1) is 16.5. The van der Waals surface area contributed by atoms with E-state index in [0.29, 0.717) is 29.8 Å². The molecule has 1 amide bonds. The standard InChI is InChI=1S/C28H29N3O3/c1-3-34-23-13-14-26-24(15-23)27(32)25(17-29-26)28(33)30-16-20-9-11-22(12-10-20)19-31(2)18-21-7-5-4-6-8-21/h4-15,17H,3,16,18-19H2,1-2H3,(H,29,32)(H,30,33). The summed E-state index contributed by atoms with van der Waals surface area (Å²) in [6.07, 6.45) is 1.46. The van der Waals surface area contributed by atoms with E-state index >= 15 is 0 Å². The summed E-state index contributed by atoms with van der Waals surface area (Å²) in [4.78, 5) is 30.9. The molecule has 0 aliphatic heterocycles. The zero-order valence-electron chi connectivity index (χ0n) is 19.5. The summed E-state index contributed by atoms with van der Waals surface area (Å²) in [6, 6.07) is 23.8. The number of aromatic nitrogens is 1. The van der Waals surface area contributed by atoms with Crippen LogP contribution in [0.4, 0.5) is 0 Å². The van der Waals surface area contributed by atoms with Crippen molar-refractivity contribution in [1.29, 1.82) is 0 Å². The lowest BCUT2D eigenvalue weighted by molar-refractivity contribution is 0.0949. The van der Waals surface area contributed by atoms with E-state index in [4.69, 9.17) is 4.74 Å². The molecule has 34 heavy (non-hydrogen) atoms. The Morgan fingerprint density at radius 3 is 2.32 bits per heavy atom. The Morgan fingerprint density at radius 1 is 0.941 bits per heavy atom. The third-order valence-electron chi connectivity index (χ3n) is 5.63. The summed E-state index contributed by atoms with van der Waals surface area (Å²) in [6.45, 7) is 4.44. The molecule has 0 aliphatic rings. The van der Waals surface area contributed by atoms with Crippen LogP contribution >= 0.6 is 0 Å². The second-order valence-corrected chi connectivity index (χ2v) is 8.33. The number of carbonyl (C=O) groups excluding carboxylic acids is 1. The molecule has 6 nitrogen and oxygen atoms in total. The number of rotatable bonds is 9. The number of carbonyl (C=O) groups is 1. The lowest BCUT2D eigenvalue weighted by Gasteiger charge is -2.17. The second-order valence-electron chi connectivity index (χ2n) is 8.33. The lowest BCUT2D eigenvalue weighted by atomic mass is 10.1. The highest BCUT2D eigenvalue weighted by molar-refractivity contribution is 5.97. The number of nitrogens with one attached hydrogen (secondary N) is 2. The molecule has 174 valence electrons. The summed E-state index contributed by atoms with van der Waals surface area (Å²) < 4.78 is 5.48. The van der Waals surface area contributed by atoms with E-state index in [-0.39, 0.29) is 11.0 Å². The molecule has 0 aliphatic carbocycles. The van der Waals surface area contributed by atoms with Gasteiger partial charge in [-0.25, -0.2) is 0 Å². The molecule has 6 heteroatoms. The van der Waals surface area contributed by atoms with E-state index in [1.54, 1.807) is 18.2 Å². The molecule has 0 saturated heterocycles. The summed E-state index contributed by atoms with van der Waals surface area (Å²) in [5, 5.41) is 3.29. The fourth-order valence-corrected chi connectivity index (χ4v) is 3.93. The number of ether oxygens (including phenoxy) is 1. The van der Waals surface area contributed by atoms with Gasteiger partial charge in [0.1, 0.15) is 11.3 Å². The predicted molar refractivity (Wildman–Crippen MR) is 135 cm³/mol. The quantitative estimate of drug-likeness (QED) is 0.390. The summed E-state index contributed by atoms with van der Waals surface area (Å²) >= 11 is 0. The number of amides is 1. The lowest BCUT2D eigenvalue weighted by Crippen LogP contribution is -2.28. The van der Waals surface area contributed by atoms with E-state index in [1.165, 1.54) is 17.3 Å². The highest BCUT2D eigenvalue weighted by Gasteiger charge is 2.13. The Labute approximate surface area is 199 Å². The SMILES string of the molecule is CCOc1ccc2[nH]cc(C(=O)NCc3ccc(CN(C)Cc4ccccc4)cc3)c(=O)c2c1. The summed E-state index contributed by atoms with van der Waals surface area (Å²) in [7, 11) is 2.10. The topological polar surface area (TPSA) is 74.4 Å². The highest BCUT2D eigenvalue weighted by Crippen LogP contribution is 2.17. The largest absolute Gasteiger partial charge is 0.494 e. The molecule has 2 N–H and O–H groups in total. The zero-order chi connectivity index (χ0) is 23.9. The summed E-state index contributed by atoms with van der Waals surface area (Å²) in [5.41, 5.74) is 3.88. The van der Waals surface area contributed by atoms with E-state index in [9.17, 15) is 9.59 Å². The molecule has 0 unspecified atom stereocenters. The van der Waals surface area contributed by atoms with Gasteiger partial charge in [0.05, 0.1) is 6.61 Å². The number of H-pyrrole nitrogens is 1. The van der Waals surface area contributed by atoms with Crippen molar-refractivity contribution in [1.82, 2.24) is 15.2 Å². The third-order valence-corrected chi connectivity index (χ3v) is 5.63. The highest BCUT2D eigenvalue weighted by atomic mass is 16.5. The van der Waals surface area contributed by atoms with Crippen molar-refractivity contribution in [3.8, 4) is 5.75 Å². The minimum absolute atomic E-state index is 0.0836. The van der Waals surface area contributed by atoms with Crippen LogP contribution in [0.15, 0.2) is 83.8 Å². The number of hydrogen-bond donors (Lipinski definition) is 2.